The molecule has 1 amide bonds. The molecular formula is C16H18N4O3S. The van der Waals surface area contributed by atoms with Gasteiger partial charge in [-0.3, -0.25) is 14.8 Å². The van der Waals surface area contributed by atoms with Crippen LogP contribution in [0.25, 0.3) is 10.2 Å². The van der Waals surface area contributed by atoms with E-state index in [1.165, 1.54) is 11.3 Å². The number of hydrogen-bond donors (Lipinski definition) is 1. The summed E-state index contributed by atoms with van der Waals surface area (Å²) in [6.45, 7) is 4.43. The van der Waals surface area contributed by atoms with E-state index >= 15 is 0 Å². The number of rotatable bonds is 5. The molecule has 0 bridgehead atoms. The van der Waals surface area contributed by atoms with Gasteiger partial charge in [-0.15, -0.1) is 0 Å². The summed E-state index contributed by atoms with van der Waals surface area (Å²) in [6, 6.07) is 5.40. The van der Waals surface area contributed by atoms with E-state index in [0.29, 0.717) is 28.9 Å². The molecule has 1 aromatic carbocycles. The molecule has 126 valence electrons. The lowest BCUT2D eigenvalue weighted by Crippen LogP contribution is -2.17. The number of benzene rings is 1. The van der Waals surface area contributed by atoms with Crippen LogP contribution >= 0.6 is 11.3 Å². The first kappa shape index (κ1) is 16.3. The molecule has 0 aliphatic rings. The van der Waals surface area contributed by atoms with Gasteiger partial charge in [-0.25, -0.2) is 4.98 Å². The monoisotopic (exact) mass is 346 g/mol. The fourth-order valence-electron chi connectivity index (χ4n) is 2.44. The van der Waals surface area contributed by atoms with Crippen molar-refractivity contribution in [2.75, 3.05) is 19.5 Å². The number of aryl methyl sites for hydroxylation is 2. The van der Waals surface area contributed by atoms with Crippen LogP contribution in [0.1, 0.15) is 23.1 Å². The van der Waals surface area contributed by atoms with Crippen molar-refractivity contribution in [2.24, 2.45) is 0 Å². The van der Waals surface area contributed by atoms with Crippen molar-refractivity contribution in [1.29, 1.82) is 0 Å². The molecule has 0 saturated heterocycles. The molecule has 0 atom stereocenters. The van der Waals surface area contributed by atoms with Crippen LogP contribution in [0.5, 0.6) is 11.5 Å². The molecule has 0 aliphatic carbocycles. The predicted molar refractivity (Wildman–Crippen MR) is 93.3 cm³/mol. The van der Waals surface area contributed by atoms with Gasteiger partial charge in [0.05, 0.1) is 30.1 Å². The van der Waals surface area contributed by atoms with E-state index in [1.54, 1.807) is 31.0 Å². The summed E-state index contributed by atoms with van der Waals surface area (Å²) >= 11 is 1.38. The van der Waals surface area contributed by atoms with Gasteiger partial charge in [0.1, 0.15) is 5.69 Å². The van der Waals surface area contributed by atoms with Gasteiger partial charge in [-0.2, -0.15) is 5.10 Å². The number of carbonyl (C=O) groups excluding carboxylic acids is 1. The number of aromatic nitrogens is 3. The molecule has 8 heteroatoms. The third-order valence-corrected chi connectivity index (χ3v) is 4.48. The number of nitrogens with one attached hydrogen (secondary N) is 1. The third kappa shape index (κ3) is 2.92. The van der Waals surface area contributed by atoms with E-state index in [-0.39, 0.29) is 5.91 Å². The fourth-order valence-corrected chi connectivity index (χ4v) is 3.31. The van der Waals surface area contributed by atoms with E-state index in [4.69, 9.17) is 9.47 Å². The minimum atomic E-state index is -0.226. The zero-order chi connectivity index (χ0) is 17.3. The molecule has 0 radical (unpaired) electrons. The minimum absolute atomic E-state index is 0.226. The van der Waals surface area contributed by atoms with Crippen LogP contribution in [0.15, 0.2) is 18.2 Å². The zero-order valence-corrected chi connectivity index (χ0v) is 14.7. The van der Waals surface area contributed by atoms with Crippen LogP contribution < -0.4 is 14.8 Å². The summed E-state index contributed by atoms with van der Waals surface area (Å²) < 4.78 is 13.1. The second kappa shape index (κ2) is 6.48. The molecule has 3 rings (SSSR count). The quantitative estimate of drug-likeness (QED) is 0.768. The Hall–Kier alpha value is -2.61. The Kier molecular flexibility index (Phi) is 4.39. The maximum Gasteiger partial charge on any atom is 0.275 e. The molecule has 1 N–H and O–H groups in total. The summed E-state index contributed by atoms with van der Waals surface area (Å²) in [5.74, 6) is 1.01. The smallest absolute Gasteiger partial charge is 0.275 e. The standard InChI is InChI=1S/C16H18N4O3S/c1-5-20-11(6-9(2)19-20)15(21)18-16-17-10-7-12(22-3)13(23-4)8-14(10)24-16/h6-8H,5H2,1-4H3,(H,17,18,21). The Morgan fingerprint density at radius 3 is 2.62 bits per heavy atom. The zero-order valence-electron chi connectivity index (χ0n) is 13.9. The Bertz CT molecular complexity index is 859. The van der Waals surface area contributed by atoms with Gasteiger partial charge in [-0.05, 0) is 19.9 Å². The molecular weight excluding hydrogens is 328 g/mol. The maximum absolute atomic E-state index is 12.5. The second-order valence-electron chi connectivity index (χ2n) is 5.13. The molecule has 3 aromatic rings. The highest BCUT2D eigenvalue weighted by molar-refractivity contribution is 7.22. The molecule has 0 saturated carbocycles. The van der Waals surface area contributed by atoms with Gasteiger partial charge in [0, 0.05) is 18.7 Å². The van der Waals surface area contributed by atoms with Crippen LogP contribution in [0.4, 0.5) is 5.13 Å². The largest absolute Gasteiger partial charge is 0.493 e. The average Bonchev–Trinajstić information content (AvgIpc) is 3.15. The van der Waals surface area contributed by atoms with E-state index in [1.807, 2.05) is 19.9 Å². The number of ether oxygens (including phenoxy) is 2. The van der Waals surface area contributed by atoms with E-state index < -0.39 is 0 Å². The van der Waals surface area contributed by atoms with E-state index in [2.05, 4.69) is 15.4 Å². The minimum Gasteiger partial charge on any atom is -0.493 e. The van der Waals surface area contributed by atoms with Crippen molar-refractivity contribution in [1.82, 2.24) is 14.8 Å². The van der Waals surface area contributed by atoms with Crippen molar-refractivity contribution in [3.05, 3.63) is 29.6 Å². The van der Waals surface area contributed by atoms with Crippen LogP contribution in [-0.2, 0) is 6.54 Å². The summed E-state index contributed by atoms with van der Waals surface area (Å²) in [5, 5.41) is 7.64. The van der Waals surface area contributed by atoms with Gasteiger partial charge in [-0.1, -0.05) is 11.3 Å². The molecule has 2 heterocycles. The second-order valence-corrected chi connectivity index (χ2v) is 6.17. The summed E-state index contributed by atoms with van der Waals surface area (Å²) in [7, 11) is 3.16. The molecule has 0 fully saturated rings. The molecule has 0 aliphatic heterocycles. The lowest BCUT2D eigenvalue weighted by atomic mass is 10.3. The first-order chi connectivity index (χ1) is 11.5. The number of amides is 1. The number of hydrogen-bond acceptors (Lipinski definition) is 6. The van der Waals surface area contributed by atoms with Crippen molar-refractivity contribution >= 4 is 32.6 Å². The molecule has 2 aromatic heterocycles. The predicted octanol–water partition coefficient (Wildman–Crippen LogP) is 3.09. The van der Waals surface area contributed by atoms with Crippen LogP contribution in [0, 0.1) is 6.92 Å². The third-order valence-electron chi connectivity index (χ3n) is 3.55. The molecule has 7 nitrogen and oxygen atoms in total. The topological polar surface area (TPSA) is 78.3 Å². The summed E-state index contributed by atoms with van der Waals surface area (Å²) in [6.07, 6.45) is 0. The Morgan fingerprint density at radius 1 is 1.25 bits per heavy atom. The summed E-state index contributed by atoms with van der Waals surface area (Å²) in [4.78, 5) is 16.9. The van der Waals surface area contributed by atoms with Crippen molar-refractivity contribution in [2.45, 2.75) is 20.4 Å². The normalized spacial score (nSPS) is 10.8. The maximum atomic E-state index is 12.5. The lowest BCUT2D eigenvalue weighted by Gasteiger charge is -2.05. The molecule has 0 spiro atoms. The highest BCUT2D eigenvalue weighted by Gasteiger charge is 2.16. The number of carbonyl (C=O) groups is 1. The van der Waals surface area contributed by atoms with Gasteiger partial charge >= 0.3 is 0 Å². The highest BCUT2D eigenvalue weighted by Crippen LogP contribution is 2.36. The first-order valence-electron chi connectivity index (χ1n) is 7.44. The van der Waals surface area contributed by atoms with E-state index in [9.17, 15) is 4.79 Å². The van der Waals surface area contributed by atoms with Crippen molar-refractivity contribution < 1.29 is 14.3 Å². The van der Waals surface area contributed by atoms with Gasteiger partial charge < -0.3 is 9.47 Å². The summed E-state index contributed by atoms with van der Waals surface area (Å²) in [5.41, 5.74) is 2.07. The number of nitrogens with zero attached hydrogens (tertiary/aromatic N) is 3. The van der Waals surface area contributed by atoms with Gasteiger partial charge in [0.15, 0.2) is 16.6 Å². The van der Waals surface area contributed by atoms with Gasteiger partial charge in [0.25, 0.3) is 5.91 Å². The SMILES string of the molecule is CCn1nc(C)cc1C(=O)Nc1nc2cc(OC)c(OC)cc2s1. The molecule has 24 heavy (non-hydrogen) atoms. The highest BCUT2D eigenvalue weighted by atomic mass is 32.1. The lowest BCUT2D eigenvalue weighted by molar-refractivity contribution is 0.101. The first-order valence-corrected chi connectivity index (χ1v) is 8.25. The average molecular weight is 346 g/mol. The van der Waals surface area contributed by atoms with Crippen LogP contribution in [-0.4, -0.2) is 34.9 Å². The fraction of sp³-hybridized carbons (Fsp3) is 0.312. The Balaban J connectivity index is 1.91. The molecule has 0 unspecified atom stereocenters. The Morgan fingerprint density at radius 2 is 1.96 bits per heavy atom. The van der Waals surface area contributed by atoms with Gasteiger partial charge in [0.2, 0.25) is 0 Å². The number of thiazole rings is 1. The van der Waals surface area contributed by atoms with Crippen molar-refractivity contribution in [3.63, 3.8) is 0 Å². The number of anilines is 1. The van der Waals surface area contributed by atoms with Crippen LogP contribution in [0.2, 0.25) is 0 Å². The van der Waals surface area contributed by atoms with Crippen molar-refractivity contribution in [3.8, 4) is 11.5 Å². The van der Waals surface area contributed by atoms with E-state index in [0.717, 1.165) is 15.9 Å². The Labute approximate surface area is 143 Å². The number of fused-ring (bicyclic) bond motifs is 1. The van der Waals surface area contributed by atoms with Crippen LogP contribution in [0.3, 0.4) is 0 Å². The number of methoxy groups -OCH3 is 2.